The number of carbonyl (C=O) groups is 1. The minimum atomic E-state index is 0.133. The summed E-state index contributed by atoms with van der Waals surface area (Å²) in [5.41, 5.74) is 0.133. The normalized spacial score (nSPS) is 25.3. The lowest BCUT2D eigenvalue weighted by molar-refractivity contribution is -0.133. The van der Waals surface area contributed by atoms with Crippen molar-refractivity contribution < 1.29 is 4.79 Å². The van der Waals surface area contributed by atoms with Gasteiger partial charge >= 0.3 is 0 Å². The van der Waals surface area contributed by atoms with Crippen molar-refractivity contribution in [1.82, 2.24) is 15.1 Å². The summed E-state index contributed by atoms with van der Waals surface area (Å²) < 4.78 is 0. The highest BCUT2D eigenvalue weighted by Crippen LogP contribution is 2.15. The van der Waals surface area contributed by atoms with Gasteiger partial charge in [0.1, 0.15) is 0 Å². The van der Waals surface area contributed by atoms with Crippen molar-refractivity contribution in [2.75, 3.05) is 33.2 Å². The largest absolute Gasteiger partial charge is 0.344 e. The van der Waals surface area contributed by atoms with Gasteiger partial charge in [0.15, 0.2) is 0 Å². The predicted molar refractivity (Wildman–Crippen MR) is 80.5 cm³/mol. The van der Waals surface area contributed by atoms with Crippen LogP contribution in [0.5, 0.6) is 0 Å². The maximum atomic E-state index is 12.3. The second kappa shape index (κ2) is 6.75. The van der Waals surface area contributed by atoms with E-state index in [4.69, 9.17) is 7.85 Å². The Labute approximate surface area is 119 Å². The van der Waals surface area contributed by atoms with Gasteiger partial charge in [-0.15, -0.1) is 0 Å². The Kier molecular flexibility index (Phi) is 5.87. The van der Waals surface area contributed by atoms with Gasteiger partial charge in [-0.2, -0.15) is 0 Å². The molecule has 1 N–H and O–H groups in total. The molecule has 0 aromatic heterocycles. The van der Waals surface area contributed by atoms with Gasteiger partial charge < -0.3 is 10.2 Å². The van der Waals surface area contributed by atoms with E-state index < -0.39 is 0 Å². The Morgan fingerprint density at radius 2 is 2.11 bits per heavy atom. The Balaban J connectivity index is 2.53. The molecule has 1 rings (SSSR count). The molecule has 0 aromatic rings. The van der Waals surface area contributed by atoms with E-state index in [9.17, 15) is 4.79 Å². The van der Waals surface area contributed by atoms with Crippen LogP contribution in [0.15, 0.2) is 0 Å². The third kappa shape index (κ3) is 5.53. The second-order valence-electron chi connectivity index (χ2n) is 6.94. The van der Waals surface area contributed by atoms with Gasteiger partial charge in [0.25, 0.3) is 0 Å². The van der Waals surface area contributed by atoms with E-state index in [1.54, 1.807) is 0 Å². The summed E-state index contributed by atoms with van der Waals surface area (Å²) in [6, 6.07) is 0.687. The number of piperazine rings is 1. The van der Waals surface area contributed by atoms with E-state index >= 15 is 0 Å². The molecular weight excluding hydrogens is 237 g/mol. The Hall–Kier alpha value is -0.545. The number of hydrogen-bond acceptors (Lipinski definition) is 3. The molecule has 0 saturated carbocycles. The number of rotatable bonds is 4. The van der Waals surface area contributed by atoms with E-state index in [2.05, 4.69) is 37.9 Å². The van der Waals surface area contributed by atoms with Crippen LogP contribution in [0.3, 0.4) is 0 Å². The summed E-state index contributed by atoms with van der Waals surface area (Å²) >= 11 is 0. The van der Waals surface area contributed by atoms with E-state index in [0.717, 1.165) is 19.6 Å². The molecule has 0 unspecified atom stereocenters. The lowest BCUT2D eigenvalue weighted by Gasteiger charge is -2.39. The molecule has 1 aliphatic rings. The topological polar surface area (TPSA) is 35.6 Å². The fourth-order valence-corrected chi connectivity index (χ4v) is 2.55. The molecule has 4 nitrogen and oxygen atoms in total. The van der Waals surface area contributed by atoms with E-state index in [-0.39, 0.29) is 17.4 Å². The number of amides is 1. The summed E-state index contributed by atoms with van der Waals surface area (Å²) in [5.74, 6) is 0.183. The first-order valence-corrected chi connectivity index (χ1v) is 7.14. The first-order valence-electron chi connectivity index (χ1n) is 7.14. The molecule has 5 heteroatoms. The van der Waals surface area contributed by atoms with Crippen LogP contribution in [0.4, 0.5) is 0 Å². The summed E-state index contributed by atoms with van der Waals surface area (Å²) in [4.78, 5) is 16.3. The molecule has 0 aliphatic carbocycles. The van der Waals surface area contributed by atoms with E-state index in [1.165, 1.54) is 0 Å². The van der Waals surface area contributed by atoms with Crippen LogP contribution in [-0.4, -0.2) is 68.9 Å². The summed E-state index contributed by atoms with van der Waals surface area (Å²) in [6.07, 6.45) is 0.593. The van der Waals surface area contributed by atoms with E-state index in [1.807, 2.05) is 11.9 Å². The van der Waals surface area contributed by atoms with Crippen molar-refractivity contribution in [3.05, 3.63) is 0 Å². The highest BCUT2D eigenvalue weighted by atomic mass is 16.2. The predicted octanol–water partition coefficient (Wildman–Crippen LogP) is 0.740. The first kappa shape index (κ1) is 16.5. The molecular formula is C14H28BN3O. The van der Waals surface area contributed by atoms with Crippen LogP contribution in [-0.2, 0) is 4.79 Å². The van der Waals surface area contributed by atoms with Gasteiger partial charge in [-0.05, 0) is 12.3 Å². The van der Waals surface area contributed by atoms with Crippen molar-refractivity contribution in [1.29, 1.82) is 0 Å². The Bertz CT molecular complexity index is 304. The van der Waals surface area contributed by atoms with Crippen LogP contribution in [0.1, 0.15) is 27.7 Å². The minimum absolute atomic E-state index is 0.133. The summed E-state index contributed by atoms with van der Waals surface area (Å²) in [5, 5.41) is 3.41. The molecule has 2 radical (unpaired) electrons. The maximum absolute atomic E-state index is 12.3. The quantitative estimate of drug-likeness (QED) is 0.762. The minimum Gasteiger partial charge on any atom is -0.344 e. The summed E-state index contributed by atoms with van der Waals surface area (Å²) in [6.45, 7) is 11.6. The second-order valence-corrected chi connectivity index (χ2v) is 6.94. The molecule has 1 aliphatic heterocycles. The van der Waals surface area contributed by atoms with Gasteiger partial charge in [-0.1, -0.05) is 27.1 Å². The highest BCUT2D eigenvalue weighted by Gasteiger charge is 2.27. The van der Waals surface area contributed by atoms with E-state index in [0.29, 0.717) is 18.9 Å². The number of nitrogens with zero attached hydrogens (tertiary/aromatic N) is 2. The van der Waals surface area contributed by atoms with Crippen LogP contribution >= 0.6 is 0 Å². The summed E-state index contributed by atoms with van der Waals surface area (Å²) in [7, 11) is 7.67. The molecule has 1 heterocycles. The molecule has 19 heavy (non-hydrogen) atoms. The smallest absolute Gasteiger partial charge is 0.236 e. The fraction of sp³-hybridized carbons (Fsp3) is 0.929. The molecule has 0 bridgehead atoms. The number of nitrogens with one attached hydrogen (secondary N) is 1. The standard InChI is InChI=1S/C14H28BN3O/c1-11-8-18(12(6-15)7-16-11)9-13(19)17(5)10-14(2,3)4/h11-12,16H,6-10H2,1-5H3/t11-,12+/m1/s1. The maximum Gasteiger partial charge on any atom is 0.236 e. The van der Waals surface area contributed by atoms with Crippen LogP contribution in [0.25, 0.3) is 0 Å². The highest BCUT2D eigenvalue weighted by molar-refractivity contribution is 6.09. The van der Waals surface area contributed by atoms with Gasteiger partial charge in [0.05, 0.1) is 14.4 Å². The SMILES string of the molecule is [B]C[C@H]1CN[C@H](C)CN1CC(=O)N(C)CC(C)(C)C. The molecule has 0 spiro atoms. The zero-order valence-corrected chi connectivity index (χ0v) is 13.1. The van der Waals surface area contributed by atoms with Crippen LogP contribution in [0, 0.1) is 5.41 Å². The number of likely N-dealkylation sites (N-methyl/N-ethyl adjacent to an activating group) is 1. The monoisotopic (exact) mass is 265 g/mol. The molecule has 1 saturated heterocycles. The van der Waals surface area contributed by atoms with Crippen LogP contribution in [0.2, 0.25) is 6.32 Å². The van der Waals surface area contributed by atoms with Gasteiger partial charge in [-0.25, -0.2) is 0 Å². The average Bonchev–Trinajstić information content (AvgIpc) is 2.27. The number of hydrogen-bond donors (Lipinski definition) is 1. The Morgan fingerprint density at radius 1 is 1.47 bits per heavy atom. The first-order chi connectivity index (χ1) is 8.73. The van der Waals surface area contributed by atoms with Crippen molar-refractivity contribution in [2.45, 2.75) is 46.1 Å². The molecule has 2 atom stereocenters. The lowest BCUT2D eigenvalue weighted by Crippen LogP contribution is -2.57. The third-order valence-corrected chi connectivity index (χ3v) is 3.47. The molecule has 1 fully saturated rings. The van der Waals surface area contributed by atoms with Crippen molar-refractivity contribution in [3.63, 3.8) is 0 Å². The van der Waals surface area contributed by atoms with Gasteiger partial charge in [0, 0.05) is 38.8 Å². The molecule has 0 aromatic carbocycles. The fourth-order valence-electron chi connectivity index (χ4n) is 2.55. The van der Waals surface area contributed by atoms with Crippen molar-refractivity contribution in [3.8, 4) is 0 Å². The van der Waals surface area contributed by atoms with Crippen molar-refractivity contribution in [2.24, 2.45) is 5.41 Å². The average molecular weight is 265 g/mol. The van der Waals surface area contributed by atoms with Gasteiger partial charge in [-0.3, -0.25) is 9.69 Å². The third-order valence-electron chi connectivity index (χ3n) is 3.47. The zero-order valence-electron chi connectivity index (χ0n) is 13.1. The van der Waals surface area contributed by atoms with Crippen LogP contribution < -0.4 is 5.32 Å². The van der Waals surface area contributed by atoms with Gasteiger partial charge in [0.2, 0.25) is 5.91 Å². The Morgan fingerprint density at radius 3 is 2.63 bits per heavy atom. The lowest BCUT2D eigenvalue weighted by atomic mass is 9.93. The molecule has 108 valence electrons. The zero-order chi connectivity index (χ0) is 14.6. The van der Waals surface area contributed by atoms with Crippen molar-refractivity contribution >= 4 is 13.8 Å². The number of carbonyl (C=O) groups excluding carboxylic acids is 1. The molecule has 1 amide bonds.